The summed E-state index contributed by atoms with van der Waals surface area (Å²) in [4.78, 5) is 13.6. The zero-order valence-electron chi connectivity index (χ0n) is 11.4. The van der Waals surface area contributed by atoms with Gasteiger partial charge in [-0.2, -0.15) is 0 Å². The lowest BCUT2D eigenvalue weighted by Gasteiger charge is -2.35. The number of hydrogen-bond donors (Lipinski definition) is 1. The molecule has 0 saturated carbocycles. The molecule has 5 heteroatoms. The molecule has 0 bridgehead atoms. The maximum absolute atomic E-state index is 11.9. The zero-order valence-corrected chi connectivity index (χ0v) is 11.4. The van der Waals surface area contributed by atoms with Gasteiger partial charge in [0.15, 0.2) is 0 Å². The number of carbonyl (C=O) groups excluding carboxylic acids is 1. The molecular formula is C13H23NO4. The number of aliphatic hydroxyl groups excluding tert-OH is 1. The lowest BCUT2D eigenvalue weighted by atomic mass is 9.85. The van der Waals surface area contributed by atoms with Crippen LogP contribution < -0.4 is 0 Å². The Morgan fingerprint density at radius 1 is 1.44 bits per heavy atom. The second-order valence-corrected chi connectivity index (χ2v) is 6.25. The lowest BCUT2D eigenvalue weighted by Crippen LogP contribution is -2.45. The largest absolute Gasteiger partial charge is 0.444 e. The van der Waals surface area contributed by atoms with E-state index in [2.05, 4.69) is 0 Å². The van der Waals surface area contributed by atoms with Crippen molar-refractivity contribution in [2.45, 2.75) is 44.8 Å². The molecule has 18 heavy (non-hydrogen) atoms. The van der Waals surface area contributed by atoms with Crippen molar-refractivity contribution in [3.05, 3.63) is 0 Å². The van der Waals surface area contributed by atoms with Gasteiger partial charge in [0.25, 0.3) is 0 Å². The fourth-order valence-corrected chi connectivity index (χ4v) is 2.46. The van der Waals surface area contributed by atoms with Gasteiger partial charge in [0.2, 0.25) is 0 Å². The smallest absolute Gasteiger partial charge is 0.410 e. The first kappa shape index (κ1) is 13.6. The molecule has 2 saturated heterocycles. The van der Waals surface area contributed by atoms with Crippen LogP contribution in [0.25, 0.3) is 0 Å². The molecule has 1 amide bonds. The fraction of sp³-hybridized carbons (Fsp3) is 0.923. The van der Waals surface area contributed by atoms with Crippen molar-refractivity contribution in [3.63, 3.8) is 0 Å². The van der Waals surface area contributed by atoms with Crippen LogP contribution in [0.2, 0.25) is 0 Å². The molecule has 1 N–H and O–H groups in total. The Morgan fingerprint density at radius 3 is 2.39 bits per heavy atom. The van der Waals surface area contributed by atoms with Crippen molar-refractivity contribution in [1.82, 2.24) is 4.90 Å². The number of carbonyl (C=O) groups is 1. The molecule has 104 valence electrons. The predicted molar refractivity (Wildman–Crippen MR) is 66.3 cm³/mol. The first-order valence-electron chi connectivity index (χ1n) is 6.59. The van der Waals surface area contributed by atoms with Crippen LogP contribution in [-0.2, 0) is 9.47 Å². The van der Waals surface area contributed by atoms with Gasteiger partial charge in [0.05, 0.1) is 13.2 Å². The van der Waals surface area contributed by atoms with Crippen LogP contribution in [0.1, 0.15) is 33.6 Å². The maximum atomic E-state index is 11.9. The molecule has 2 aliphatic heterocycles. The highest BCUT2D eigenvalue weighted by atomic mass is 16.6. The number of aliphatic hydroxyl groups is 1. The molecular weight excluding hydrogens is 234 g/mol. The molecule has 2 heterocycles. The molecule has 2 rings (SSSR count). The number of hydrogen-bond acceptors (Lipinski definition) is 4. The minimum Gasteiger partial charge on any atom is -0.444 e. The van der Waals surface area contributed by atoms with E-state index in [1.165, 1.54) is 0 Å². The van der Waals surface area contributed by atoms with Crippen LogP contribution in [0.5, 0.6) is 0 Å². The van der Waals surface area contributed by atoms with Crippen molar-refractivity contribution >= 4 is 6.09 Å². The number of amides is 1. The van der Waals surface area contributed by atoms with Gasteiger partial charge in [-0.25, -0.2) is 4.79 Å². The Labute approximate surface area is 108 Å². The van der Waals surface area contributed by atoms with Gasteiger partial charge in [-0.15, -0.1) is 0 Å². The van der Waals surface area contributed by atoms with E-state index >= 15 is 0 Å². The Bertz CT molecular complexity index is 311. The average Bonchev–Trinajstić information content (AvgIpc) is 3.08. The minimum atomic E-state index is -0.445. The Morgan fingerprint density at radius 2 is 2.00 bits per heavy atom. The summed E-state index contributed by atoms with van der Waals surface area (Å²) in [6.45, 7) is 7.73. The van der Waals surface area contributed by atoms with E-state index in [9.17, 15) is 9.90 Å². The summed E-state index contributed by atoms with van der Waals surface area (Å²) in [6.07, 6.45) is 1.51. The van der Waals surface area contributed by atoms with Gasteiger partial charge < -0.3 is 19.5 Å². The Kier molecular flexibility index (Phi) is 3.56. The van der Waals surface area contributed by atoms with E-state index in [0.717, 1.165) is 12.8 Å². The van der Waals surface area contributed by atoms with Crippen molar-refractivity contribution in [3.8, 4) is 0 Å². The highest BCUT2D eigenvalue weighted by molar-refractivity contribution is 5.68. The van der Waals surface area contributed by atoms with E-state index in [0.29, 0.717) is 25.6 Å². The van der Waals surface area contributed by atoms with Crippen LogP contribution in [-0.4, -0.2) is 53.6 Å². The summed E-state index contributed by atoms with van der Waals surface area (Å²) in [5.41, 5.74) is -0.750. The van der Waals surface area contributed by atoms with Gasteiger partial charge in [-0.3, -0.25) is 0 Å². The van der Waals surface area contributed by atoms with Crippen LogP contribution in [0.3, 0.4) is 0 Å². The number of likely N-dealkylation sites (tertiary alicyclic amines) is 1. The van der Waals surface area contributed by atoms with E-state index in [4.69, 9.17) is 9.47 Å². The molecule has 0 aromatic rings. The van der Waals surface area contributed by atoms with Crippen LogP contribution in [0, 0.1) is 5.92 Å². The first-order valence-corrected chi connectivity index (χ1v) is 6.59. The third-order valence-electron chi connectivity index (χ3n) is 3.67. The van der Waals surface area contributed by atoms with Crippen molar-refractivity contribution in [2.24, 2.45) is 5.92 Å². The minimum absolute atomic E-state index is 0.0874. The molecule has 0 aliphatic carbocycles. The maximum Gasteiger partial charge on any atom is 0.410 e. The summed E-state index contributed by atoms with van der Waals surface area (Å²) in [6, 6.07) is 0. The van der Waals surface area contributed by atoms with Gasteiger partial charge in [-0.1, -0.05) is 0 Å². The molecule has 2 aliphatic rings. The summed E-state index contributed by atoms with van der Waals surface area (Å²) in [7, 11) is 0. The van der Waals surface area contributed by atoms with Crippen LogP contribution in [0.4, 0.5) is 4.79 Å². The quantitative estimate of drug-likeness (QED) is 0.759. The number of ether oxygens (including phenoxy) is 2. The highest BCUT2D eigenvalue weighted by Crippen LogP contribution is 2.40. The molecule has 1 atom stereocenters. The van der Waals surface area contributed by atoms with Crippen molar-refractivity contribution in [2.75, 3.05) is 26.3 Å². The van der Waals surface area contributed by atoms with Gasteiger partial charge in [0, 0.05) is 13.1 Å². The van der Waals surface area contributed by atoms with E-state index < -0.39 is 5.60 Å². The highest BCUT2D eigenvalue weighted by Gasteiger charge is 2.51. The van der Waals surface area contributed by atoms with Gasteiger partial charge in [0.1, 0.15) is 11.2 Å². The Balaban J connectivity index is 1.82. The predicted octanol–water partition coefficient (Wildman–Crippen LogP) is 1.39. The molecule has 0 unspecified atom stereocenters. The second kappa shape index (κ2) is 4.70. The SMILES string of the molecule is CC(C)(C)OC(=O)N1CCC([C@]2(CO)CO2)CC1. The molecule has 2 fully saturated rings. The van der Waals surface area contributed by atoms with Crippen molar-refractivity contribution < 1.29 is 19.4 Å². The number of nitrogens with zero attached hydrogens (tertiary/aromatic N) is 1. The zero-order chi connectivity index (χ0) is 13.4. The number of piperidine rings is 1. The molecule has 5 nitrogen and oxygen atoms in total. The standard InChI is InChI=1S/C13H23NO4/c1-12(2,3)18-11(16)14-6-4-10(5-7-14)13(8-15)9-17-13/h10,15H,4-9H2,1-3H3/t13-/m0/s1. The third-order valence-corrected chi connectivity index (χ3v) is 3.67. The van der Waals surface area contributed by atoms with Crippen LogP contribution in [0.15, 0.2) is 0 Å². The second-order valence-electron chi connectivity index (χ2n) is 6.25. The number of epoxide rings is 1. The topological polar surface area (TPSA) is 62.3 Å². The molecule has 0 spiro atoms. The molecule has 0 aromatic heterocycles. The van der Waals surface area contributed by atoms with E-state index in [1.54, 1.807) is 4.90 Å². The summed E-state index contributed by atoms with van der Waals surface area (Å²) >= 11 is 0. The summed E-state index contributed by atoms with van der Waals surface area (Å²) in [5.74, 6) is 0.362. The van der Waals surface area contributed by atoms with E-state index in [-0.39, 0.29) is 18.3 Å². The van der Waals surface area contributed by atoms with Gasteiger partial charge >= 0.3 is 6.09 Å². The third kappa shape index (κ3) is 2.95. The monoisotopic (exact) mass is 257 g/mol. The summed E-state index contributed by atoms with van der Waals surface area (Å²) < 4.78 is 10.7. The van der Waals surface area contributed by atoms with E-state index in [1.807, 2.05) is 20.8 Å². The fourth-order valence-electron chi connectivity index (χ4n) is 2.46. The number of rotatable bonds is 2. The van der Waals surface area contributed by atoms with Crippen molar-refractivity contribution in [1.29, 1.82) is 0 Å². The first-order chi connectivity index (χ1) is 8.36. The molecule has 0 radical (unpaired) electrons. The summed E-state index contributed by atoms with van der Waals surface area (Å²) in [5, 5.41) is 9.31. The average molecular weight is 257 g/mol. The lowest BCUT2D eigenvalue weighted by molar-refractivity contribution is 0.0111. The normalized spacial score (nSPS) is 29.2. The van der Waals surface area contributed by atoms with Crippen LogP contribution >= 0.6 is 0 Å². The Hall–Kier alpha value is -0.810. The van der Waals surface area contributed by atoms with Gasteiger partial charge in [-0.05, 0) is 39.5 Å². The molecule has 0 aromatic carbocycles.